The molecule has 1 heterocycles. The molecular formula is C23H24F2N2. The smallest absolute Gasteiger partial charge is 0.123 e. The lowest BCUT2D eigenvalue weighted by Gasteiger charge is -2.44. The molecule has 2 aromatic rings. The monoisotopic (exact) mass is 366 g/mol. The molecule has 2 aliphatic rings. The maximum absolute atomic E-state index is 13.3. The first-order chi connectivity index (χ1) is 13.0. The second-order valence-corrected chi connectivity index (χ2v) is 7.68. The fourth-order valence-electron chi connectivity index (χ4n) is 4.29. The molecule has 0 aromatic heterocycles. The van der Waals surface area contributed by atoms with Gasteiger partial charge in [-0.25, -0.2) is 8.78 Å². The van der Waals surface area contributed by atoms with Gasteiger partial charge in [0.05, 0.1) is 0 Å². The Morgan fingerprint density at radius 2 is 1.67 bits per heavy atom. The number of piperidine rings is 1. The van der Waals surface area contributed by atoms with Crippen molar-refractivity contribution in [1.29, 1.82) is 0 Å². The van der Waals surface area contributed by atoms with Crippen LogP contribution in [0.3, 0.4) is 0 Å². The number of hydrogen-bond acceptors (Lipinski definition) is 2. The predicted octanol–water partition coefficient (Wildman–Crippen LogP) is 5.20. The van der Waals surface area contributed by atoms with E-state index in [0.717, 1.165) is 49.3 Å². The van der Waals surface area contributed by atoms with Crippen molar-refractivity contribution < 1.29 is 8.78 Å². The van der Waals surface area contributed by atoms with Gasteiger partial charge in [-0.3, -0.25) is 0 Å². The molecule has 2 N–H and O–H groups in total. The summed E-state index contributed by atoms with van der Waals surface area (Å²) < 4.78 is 26.4. The van der Waals surface area contributed by atoms with Crippen molar-refractivity contribution in [2.45, 2.75) is 26.2 Å². The summed E-state index contributed by atoms with van der Waals surface area (Å²) in [6, 6.07) is 13.3. The molecule has 1 aliphatic heterocycles. The Bertz CT molecular complexity index is 882. The zero-order chi connectivity index (χ0) is 18.9. The van der Waals surface area contributed by atoms with Gasteiger partial charge in [0, 0.05) is 23.3 Å². The van der Waals surface area contributed by atoms with Crippen molar-refractivity contribution in [3.8, 4) is 0 Å². The summed E-state index contributed by atoms with van der Waals surface area (Å²) in [7, 11) is 0. The van der Waals surface area contributed by atoms with Crippen LogP contribution >= 0.6 is 0 Å². The highest BCUT2D eigenvalue weighted by atomic mass is 19.1. The number of halogens is 2. The molecular weight excluding hydrogens is 342 g/mol. The van der Waals surface area contributed by atoms with Gasteiger partial charge in [-0.15, -0.1) is 0 Å². The summed E-state index contributed by atoms with van der Waals surface area (Å²) in [6.45, 7) is 4.05. The van der Waals surface area contributed by atoms with Crippen LogP contribution in [-0.4, -0.2) is 13.1 Å². The number of nitrogens with one attached hydrogen (secondary N) is 2. The maximum Gasteiger partial charge on any atom is 0.123 e. The van der Waals surface area contributed by atoms with Crippen LogP contribution in [0.4, 0.5) is 14.5 Å². The minimum atomic E-state index is -0.232. The summed E-state index contributed by atoms with van der Waals surface area (Å²) in [6.07, 6.45) is 5.12. The summed E-state index contributed by atoms with van der Waals surface area (Å²) in [4.78, 5) is 0. The lowest BCUT2D eigenvalue weighted by Crippen LogP contribution is -2.45. The fourth-order valence-corrected chi connectivity index (χ4v) is 4.29. The van der Waals surface area contributed by atoms with Gasteiger partial charge in [0.25, 0.3) is 0 Å². The van der Waals surface area contributed by atoms with E-state index in [-0.39, 0.29) is 17.0 Å². The van der Waals surface area contributed by atoms with Crippen LogP contribution in [-0.2, 0) is 6.42 Å². The molecule has 1 saturated heterocycles. The van der Waals surface area contributed by atoms with Gasteiger partial charge in [0.15, 0.2) is 0 Å². The number of anilines is 1. The molecule has 1 unspecified atom stereocenters. The third-order valence-electron chi connectivity index (χ3n) is 5.68. The fraction of sp³-hybridized carbons (Fsp3) is 0.304. The Hall–Kier alpha value is -2.46. The van der Waals surface area contributed by atoms with Crippen molar-refractivity contribution in [3.63, 3.8) is 0 Å². The number of rotatable bonds is 4. The van der Waals surface area contributed by atoms with E-state index in [9.17, 15) is 8.78 Å². The maximum atomic E-state index is 13.3. The van der Waals surface area contributed by atoms with Crippen LogP contribution in [0.2, 0.25) is 0 Å². The minimum Gasteiger partial charge on any atom is -0.356 e. The summed E-state index contributed by atoms with van der Waals surface area (Å²) in [5.74, 6) is -0.427. The van der Waals surface area contributed by atoms with Crippen molar-refractivity contribution in [2.75, 3.05) is 18.4 Å². The molecule has 4 rings (SSSR count). The van der Waals surface area contributed by atoms with Crippen LogP contribution < -0.4 is 10.6 Å². The number of allylic oxidation sites excluding steroid dienone is 2. The van der Waals surface area contributed by atoms with Crippen molar-refractivity contribution >= 4 is 5.69 Å². The average molecular weight is 366 g/mol. The zero-order valence-corrected chi connectivity index (χ0v) is 15.5. The predicted molar refractivity (Wildman–Crippen MR) is 105 cm³/mol. The molecule has 2 nitrogen and oxygen atoms in total. The Morgan fingerprint density at radius 1 is 1.00 bits per heavy atom. The highest BCUT2D eigenvalue weighted by Crippen LogP contribution is 2.45. The van der Waals surface area contributed by atoms with Crippen LogP contribution in [0.1, 0.15) is 25.3 Å². The first-order valence-electron chi connectivity index (χ1n) is 9.43. The molecule has 1 aliphatic carbocycles. The zero-order valence-electron chi connectivity index (χ0n) is 15.5. The van der Waals surface area contributed by atoms with E-state index in [0.29, 0.717) is 0 Å². The third kappa shape index (κ3) is 3.81. The number of benzene rings is 2. The van der Waals surface area contributed by atoms with Crippen molar-refractivity contribution in [3.05, 3.63) is 88.6 Å². The normalized spacial score (nSPS) is 22.3. The van der Waals surface area contributed by atoms with E-state index in [4.69, 9.17) is 0 Å². The van der Waals surface area contributed by atoms with Crippen molar-refractivity contribution in [2.24, 2.45) is 5.41 Å². The number of hydrogen-bond donors (Lipinski definition) is 2. The van der Waals surface area contributed by atoms with Gasteiger partial charge in [-0.2, -0.15) is 0 Å². The van der Waals surface area contributed by atoms with E-state index in [1.807, 2.05) is 12.1 Å². The third-order valence-corrected chi connectivity index (χ3v) is 5.68. The van der Waals surface area contributed by atoms with E-state index in [1.165, 1.54) is 23.3 Å². The lowest BCUT2D eigenvalue weighted by molar-refractivity contribution is 0.282. The molecule has 140 valence electrons. The SMILES string of the molecule is CC1=C(Nc2ccc(F)cc2)C=C2CCNCC2(Cc2ccc(F)cc2)C1. The second kappa shape index (κ2) is 7.28. The first kappa shape index (κ1) is 17.9. The lowest BCUT2D eigenvalue weighted by atomic mass is 9.65. The summed E-state index contributed by atoms with van der Waals surface area (Å²) in [5, 5.41) is 6.99. The number of fused-ring (bicyclic) bond motifs is 1. The van der Waals surface area contributed by atoms with E-state index in [1.54, 1.807) is 24.3 Å². The van der Waals surface area contributed by atoms with E-state index < -0.39 is 0 Å². The minimum absolute atomic E-state index is 0.0359. The molecule has 4 heteroatoms. The molecule has 0 radical (unpaired) electrons. The molecule has 0 bridgehead atoms. The van der Waals surface area contributed by atoms with Gasteiger partial charge in [0.2, 0.25) is 0 Å². The van der Waals surface area contributed by atoms with Gasteiger partial charge in [0.1, 0.15) is 11.6 Å². The quantitative estimate of drug-likeness (QED) is 0.777. The van der Waals surface area contributed by atoms with Gasteiger partial charge in [-0.05, 0) is 86.3 Å². The highest BCUT2D eigenvalue weighted by Gasteiger charge is 2.39. The molecule has 0 saturated carbocycles. The Kier molecular flexibility index (Phi) is 4.83. The molecule has 0 spiro atoms. The standard InChI is InChI=1S/C23H24F2N2/c1-16-13-23(14-17-2-4-19(24)5-3-17)15-26-11-10-18(23)12-22(16)27-21-8-6-20(25)7-9-21/h2-9,12,26-27H,10-11,13-15H2,1H3. The summed E-state index contributed by atoms with van der Waals surface area (Å²) >= 11 is 0. The molecule has 1 fully saturated rings. The Balaban J connectivity index is 1.60. The largest absolute Gasteiger partial charge is 0.356 e. The van der Waals surface area contributed by atoms with Gasteiger partial charge >= 0.3 is 0 Å². The average Bonchev–Trinajstić information content (AvgIpc) is 2.66. The van der Waals surface area contributed by atoms with Crippen LogP contribution in [0.25, 0.3) is 0 Å². The van der Waals surface area contributed by atoms with Gasteiger partial charge in [-0.1, -0.05) is 17.7 Å². The van der Waals surface area contributed by atoms with Crippen LogP contribution in [0.5, 0.6) is 0 Å². The highest BCUT2D eigenvalue weighted by molar-refractivity contribution is 5.54. The first-order valence-corrected chi connectivity index (χ1v) is 9.43. The summed E-state index contributed by atoms with van der Waals surface area (Å²) in [5.41, 5.74) is 5.91. The molecule has 0 amide bonds. The van der Waals surface area contributed by atoms with Crippen LogP contribution in [0.15, 0.2) is 71.5 Å². The van der Waals surface area contributed by atoms with E-state index in [2.05, 4.69) is 23.6 Å². The molecule has 1 atom stereocenters. The molecule has 2 aromatic carbocycles. The Morgan fingerprint density at radius 3 is 2.37 bits per heavy atom. The topological polar surface area (TPSA) is 24.1 Å². The van der Waals surface area contributed by atoms with Crippen LogP contribution in [0, 0.1) is 17.0 Å². The Labute approximate surface area is 159 Å². The van der Waals surface area contributed by atoms with E-state index >= 15 is 0 Å². The molecule has 27 heavy (non-hydrogen) atoms. The van der Waals surface area contributed by atoms with Gasteiger partial charge < -0.3 is 10.6 Å². The van der Waals surface area contributed by atoms with Crippen molar-refractivity contribution in [1.82, 2.24) is 5.32 Å². The second-order valence-electron chi connectivity index (χ2n) is 7.68.